The van der Waals surface area contributed by atoms with Gasteiger partial charge >= 0.3 is 0 Å². The Labute approximate surface area is 183 Å². The minimum atomic E-state index is -0.0306. The molecule has 0 spiro atoms. The van der Waals surface area contributed by atoms with Crippen LogP contribution in [0.2, 0.25) is 0 Å². The number of anilines is 2. The molecule has 1 N–H and O–H groups in total. The highest BCUT2D eigenvalue weighted by Gasteiger charge is 2.25. The van der Waals surface area contributed by atoms with Crippen molar-refractivity contribution in [3.63, 3.8) is 0 Å². The molecule has 0 unspecified atom stereocenters. The molecule has 1 aliphatic rings. The highest BCUT2D eigenvalue weighted by atomic mass is 32.2. The standard InChI is InChI=1S/C22H21N3O3S2/c1-27-18-8-6-16(7-9-18)23-22-24-17(14-30-22)13-20-25(10-11-29-20)21(26)15-4-3-5-19(12-15)28-2/h3-9,12-14H,10-11H2,1-2H3,(H,23,24)/b20-13+. The van der Waals surface area contributed by atoms with Crippen molar-refractivity contribution in [2.24, 2.45) is 0 Å². The van der Waals surface area contributed by atoms with Crippen LogP contribution in [0.5, 0.6) is 11.5 Å². The first-order valence-corrected chi connectivity index (χ1v) is 11.2. The van der Waals surface area contributed by atoms with Crippen LogP contribution in [-0.4, -0.2) is 42.3 Å². The Hall–Kier alpha value is -2.97. The van der Waals surface area contributed by atoms with Crippen LogP contribution in [0.4, 0.5) is 10.8 Å². The summed E-state index contributed by atoms with van der Waals surface area (Å²) < 4.78 is 10.4. The number of carbonyl (C=O) groups is 1. The fourth-order valence-corrected chi connectivity index (χ4v) is 4.70. The minimum absolute atomic E-state index is 0.0306. The van der Waals surface area contributed by atoms with Crippen molar-refractivity contribution in [1.29, 1.82) is 0 Å². The highest BCUT2D eigenvalue weighted by Crippen LogP contribution is 2.32. The van der Waals surface area contributed by atoms with Gasteiger partial charge in [0.05, 0.1) is 24.9 Å². The Morgan fingerprint density at radius 2 is 1.93 bits per heavy atom. The van der Waals surface area contributed by atoms with Gasteiger partial charge in [0.15, 0.2) is 5.13 Å². The topological polar surface area (TPSA) is 63.7 Å². The maximum Gasteiger partial charge on any atom is 0.258 e. The van der Waals surface area contributed by atoms with Gasteiger partial charge in [-0.15, -0.1) is 23.1 Å². The molecule has 0 radical (unpaired) electrons. The maximum atomic E-state index is 13.0. The van der Waals surface area contributed by atoms with Crippen LogP contribution in [-0.2, 0) is 0 Å². The molecule has 1 amide bonds. The molecule has 154 valence electrons. The van der Waals surface area contributed by atoms with Crippen LogP contribution in [0, 0.1) is 0 Å². The largest absolute Gasteiger partial charge is 0.497 e. The second kappa shape index (κ2) is 9.23. The van der Waals surface area contributed by atoms with Crippen LogP contribution in [0.15, 0.2) is 58.9 Å². The minimum Gasteiger partial charge on any atom is -0.497 e. The van der Waals surface area contributed by atoms with E-state index in [1.807, 2.05) is 53.9 Å². The molecule has 2 aromatic carbocycles. The number of amides is 1. The van der Waals surface area contributed by atoms with Gasteiger partial charge in [0, 0.05) is 28.9 Å². The number of thiazole rings is 1. The van der Waals surface area contributed by atoms with E-state index in [0.29, 0.717) is 17.9 Å². The number of rotatable bonds is 6. The lowest BCUT2D eigenvalue weighted by molar-refractivity contribution is 0.0830. The van der Waals surface area contributed by atoms with E-state index in [2.05, 4.69) is 10.3 Å². The molecule has 8 heteroatoms. The van der Waals surface area contributed by atoms with E-state index in [0.717, 1.165) is 33.0 Å². The molecule has 1 aromatic heterocycles. The first-order valence-electron chi connectivity index (χ1n) is 9.33. The van der Waals surface area contributed by atoms with Gasteiger partial charge in [0.1, 0.15) is 11.5 Å². The molecular weight excluding hydrogens is 418 g/mol. The molecule has 0 bridgehead atoms. The first kappa shape index (κ1) is 20.3. The van der Waals surface area contributed by atoms with Crippen LogP contribution in [0.1, 0.15) is 16.1 Å². The summed E-state index contributed by atoms with van der Waals surface area (Å²) >= 11 is 3.18. The summed E-state index contributed by atoms with van der Waals surface area (Å²) in [5, 5.41) is 6.97. The lowest BCUT2D eigenvalue weighted by Gasteiger charge is -2.17. The SMILES string of the molecule is COc1ccc(Nc2nc(/C=C3/SCCN3C(=O)c3cccc(OC)c3)cs2)cc1. The summed E-state index contributed by atoms with van der Waals surface area (Å²) in [7, 11) is 3.24. The Bertz CT molecular complexity index is 1060. The maximum absolute atomic E-state index is 13.0. The normalized spacial score (nSPS) is 14.7. The predicted octanol–water partition coefficient (Wildman–Crippen LogP) is 5.09. The van der Waals surface area contributed by atoms with Crippen LogP contribution >= 0.6 is 23.1 Å². The van der Waals surface area contributed by atoms with Crippen molar-refractivity contribution < 1.29 is 14.3 Å². The second-order valence-electron chi connectivity index (χ2n) is 6.45. The Morgan fingerprint density at radius 1 is 1.13 bits per heavy atom. The quantitative estimate of drug-likeness (QED) is 0.577. The number of nitrogens with one attached hydrogen (secondary N) is 1. The number of nitrogens with zero attached hydrogens (tertiary/aromatic N) is 2. The molecule has 30 heavy (non-hydrogen) atoms. The molecular formula is C22H21N3O3S2. The summed E-state index contributed by atoms with van der Waals surface area (Å²) in [6.07, 6.45) is 1.96. The summed E-state index contributed by atoms with van der Waals surface area (Å²) in [5.74, 6) is 2.32. The Morgan fingerprint density at radius 3 is 2.70 bits per heavy atom. The fourth-order valence-electron chi connectivity index (χ4n) is 3.00. The van der Waals surface area contributed by atoms with Crippen molar-refractivity contribution in [2.75, 3.05) is 31.8 Å². The molecule has 6 nitrogen and oxygen atoms in total. The molecule has 0 atom stereocenters. The van der Waals surface area contributed by atoms with E-state index in [1.165, 1.54) is 11.3 Å². The van der Waals surface area contributed by atoms with Crippen LogP contribution in [0.25, 0.3) is 6.08 Å². The second-order valence-corrected chi connectivity index (χ2v) is 8.42. The zero-order chi connectivity index (χ0) is 20.9. The first-order chi connectivity index (χ1) is 14.7. The zero-order valence-electron chi connectivity index (χ0n) is 16.6. The predicted molar refractivity (Wildman–Crippen MR) is 123 cm³/mol. The number of hydrogen-bond donors (Lipinski definition) is 1. The Balaban J connectivity index is 1.48. The van der Waals surface area contributed by atoms with Crippen molar-refractivity contribution in [3.05, 3.63) is 70.2 Å². The third kappa shape index (κ3) is 4.60. The third-order valence-electron chi connectivity index (χ3n) is 4.53. The van der Waals surface area contributed by atoms with Gasteiger partial charge in [-0.05, 0) is 48.5 Å². The molecule has 1 saturated heterocycles. The average Bonchev–Trinajstić information content (AvgIpc) is 3.43. The van der Waals surface area contributed by atoms with Gasteiger partial charge in [0.25, 0.3) is 5.91 Å². The number of benzene rings is 2. The van der Waals surface area contributed by atoms with Gasteiger partial charge < -0.3 is 19.7 Å². The molecule has 0 aliphatic carbocycles. The van der Waals surface area contributed by atoms with E-state index in [9.17, 15) is 4.79 Å². The van der Waals surface area contributed by atoms with Crippen molar-refractivity contribution >= 4 is 45.9 Å². The molecule has 1 fully saturated rings. The van der Waals surface area contributed by atoms with E-state index < -0.39 is 0 Å². The third-order valence-corrected chi connectivity index (χ3v) is 6.32. The number of hydrogen-bond acceptors (Lipinski definition) is 7. The van der Waals surface area contributed by atoms with Gasteiger partial charge in [-0.1, -0.05) is 6.07 Å². The lowest BCUT2D eigenvalue weighted by Crippen LogP contribution is -2.26. The molecule has 2 heterocycles. The van der Waals surface area contributed by atoms with E-state index in [4.69, 9.17) is 9.47 Å². The monoisotopic (exact) mass is 439 g/mol. The smallest absolute Gasteiger partial charge is 0.258 e. The van der Waals surface area contributed by atoms with E-state index in [-0.39, 0.29) is 5.91 Å². The van der Waals surface area contributed by atoms with Crippen molar-refractivity contribution in [1.82, 2.24) is 9.88 Å². The number of aromatic nitrogens is 1. The van der Waals surface area contributed by atoms with Gasteiger partial charge in [-0.3, -0.25) is 4.79 Å². The number of methoxy groups -OCH3 is 2. The Kier molecular flexibility index (Phi) is 6.25. The fraction of sp³-hybridized carbons (Fsp3) is 0.182. The number of carbonyl (C=O) groups excluding carboxylic acids is 1. The van der Waals surface area contributed by atoms with Gasteiger partial charge in [-0.25, -0.2) is 4.98 Å². The summed E-state index contributed by atoms with van der Waals surface area (Å²) in [6, 6.07) is 14.9. The molecule has 3 aromatic rings. The number of ether oxygens (including phenoxy) is 2. The van der Waals surface area contributed by atoms with E-state index in [1.54, 1.807) is 36.9 Å². The zero-order valence-corrected chi connectivity index (χ0v) is 18.3. The van der Waals surface area contributed by atoms with Crippen molar-refractivity contribution in [3.8, 4) is 11.5 Å². The van der Waals surface area contributed by atoms with Gasteiger partial charge in [-0.2, -0.15) is 0 Å². The summed E-state index contributed by atoms with van der Waals surface area (Å²) in [5.41, 5.74) is 2.38. The summed E-state index contributed by atoms with van der Waals surface area (Å²) in [4.78, 5) is 19.4. The average molecular weight is 440 g/mol. The molecule has 0 saturated carbocycles. The lowest BCUT2D eigenvalue weighted by atomic mass is 10.2. The molecule has 1 aliphatic heterocycles. The summed E-state index contributed by atoms with van der Waals surface area (Å²) in [6.45, 7) is 0.674. The van der Waals surface area contributed by atoms with E-state index >= 15 is 0 Å². The molecule has 4 rings (SSSR count). The highest BCUT2D eigenvalue weighted by molar-refractivity contribution is 8.03. The number of thioether (sulfide) groups is 1. The van der Waals surface area contributed by atoms with Crippen LogP contribution in [0.3, 0.4) is 0 Å². The van der Waals surface area contributed by atoms with Gasteiger partial charge in [0.2, 0.25) is 0 Å². The van der Waals surface area contributed by atoms with Crippen LogP contribution < -0.4 is 14.8 Å². The van der Waals surface area contributed by atoms with Crippen molar-refractivity contribution in [2.45, 2.75) is 0 Å².